The van der Waals surface area contributed by atoms with Crippen LogP contribution in [0.1, 0.15) is 21.6 Å². The maximum absolute atomic E-state index is 13.2. The van der Waals surface area contributed by atoms with E-state index in [4.69, 9.17) is 4.74 Å². The van der Waals surface area contributed by atoms with E-state index >= 15 is 0 Å². The summed E-state index contributed by atoms with van der Waals surface area (Å²) in [5, 5.41) is 7.77. The summed E-state index contributed by atoms with van der Waals surface area (Å²) in [7, 11) is 1.41. The number of hydrogen-bond acceptors (Lipinski definition) is 4. The molecular formula is C20H16F3N3O2. The Labute approximate surface area is 159 Å². The van der Waals surface area contributed by atoms with Crippen LogP contribution in [0, 0.1) is 6.92 Å². The highest BCUT2D eigenvalue weighted by Gasteiger charge is 2.35. The van der Waals surface area contributed by atoms with Crippen LogP contribution in [0.2, 0.25) is 0 Å². The first-order chi connectivity index (χ1) is 13.3. The fourth-order valence-electron chi connectivity index (χ4n) is 2.51. The Kier molecular flexibility index (Phi) is 5.30. The summed E-state index contributed by atoms with van der Waals surface area (Å²) >= 11 is 0. The van der Waals surface area contributed by atoms with E-state index < -0.39 is 23.2 Å². The summed E-state index contributed by atoms with van der Waals surface area (Å²) < 4.78 is 45.0. The van der Waals surface area contributed by atoms with Crippen molar-refractivity contribution in [2.24, 2.45) is 0 Å². The van der Waals surface area contributed by atoms with E-state index in [1.54, 1.807) is 43.3 Å². The van der Waals surface area contributed by atoms with Gasteiger partial charge in [0.15, 0.2) is 0 Å². The van der Waals surface area contributed by atoms with Gasteiger partial charge < -0.3 is 9.64 Å². The number of carbonyl (C=O) groups excluding carboxylic acids is 1. The van der Waals surface area contributed by atoms with Gasteiger partial charge in [0, 0.05) is 18.8 Å². The number of rotatable bonds is 4. The van der Waals surface area contributed by atoms with Crippen LogP contribution in [0.4, 0.5) is 18.9 Å². The SMILES string of the molecule is Cc1ccc(Oc2ccc(N(C)C(=O)c3ccccc3C(F)(F)F)cc2)nn1. The minimum atomic E-state index is -4.61. The van der Waals surface area contributed by atoms with Crippen molar-refractivity contribution in [2.75, 3.05) is 11.9 Å². The highest BCUT2D eigenvalue weighted by molar-refractivity contribution is 6.06. The molecule has 0 fully saturated rings. The fourth-order valence-corrected chi connectivity index (χ4v) is 2.51. The van der Waals surface area contributed by atoms with E-state index in [0.717, 1.165) is 22.7 Å². The van der Waals surface area contributed by atoms with Crippen LogP contribution in [0.25, 0.3) is 0 Å². The number of ether oxygens (including phenoxy) is 1. The van der Waals surface area contributed by atoms with Crippen molar-refractivity contribution in [3.63, 3.8) is 0 Å². The Morgan fingerprint density at radius 2 is 1.64 bits per heavy atom. The minimum Gasteiger partial charge on any atom is -0.438 e. The van der Waals surface area contributed by atoms with Crippen molar-refractivity contribution in [1.82, 2.24) is 10.2 Å². The molecule has 2 aromatic carbocycles. The number of alkyl halides is 3. The summed E-state index contributed by atoms with van der Waals surface area (Å²) in [5.41, 5.74) is -0.205. The van der Waals surface area contributed by atoms with Gasteiger partial charge in [0.2, 0.25) is 5.88 Å². The molecule has 3 aromatic rings. The van der Waals surface area contributed by atoms with Crippen LogP contribution < -0.4 is 9.64 Å². The third-order valence-corrected chi connectivity index (χ3v) is 3.99. The average Bonchev–Trinajstić information content (AvgIpc) is 2.68. The number of amides is 1. The Hall–Kier alpha value is -3.42. The lowest BCUT2D eigenvalue weighted by molar-refractivity contribution is -0.137. The zero-order valence-corrected chi connectivity index (χ0v) is 15.1. The summed E-state index contributed by atoms with van der Waals surface area (Å²) in [6.45, 7) is 1.80. The first-order valence-electron chi connectivity index (χ1n) is 8.28. The molecule has 0 aliphatic carbocycles. The molecule has 5 nitrogen and oxygen atoms in total. The van der Waals surface area contributed by atoms with E-state index in [1.807, 2.05) is 0 Å². The zero-order chi connectivity index (χ0) is 20.3. The molecule has 8 heteroatoms. The maximum atomic E-state index is 13.2. The lowest BCUT2D eigenvalue weighted by atomic mass is 10.1. The number of aromatic nitrogens is 2. The number of benzene rings is 2. The lowest BCUT2D eigenvalue weighted by Gasteiger charge is -2.20. The molecule has 0 bridgehead atoms. The van der Waals surface area contributed by atoms with E-state index in [-0.39, 0.29) is 0 Å². The van der Waals surface area contributed by atoms with Gasteiger partial charge in [-0.2, -0.15) is 18.3 Å². The Balaban J connectivity index is 1.79. The molecule has 3 rings (SSSR count). The second-order valence-corrected chi connectivity index (χ2v) is 6.02. The molecule has 0 aliphatic heterocycles. The van der Waals surface area contributed by atoms with Gasteiger partial charge in [-0.25, -0.2) is 0 Å². The van der Waals surface area contributed by atoms with Crippen molar-refractivity contribution >= 4 is 11.6 Å². The normalized spacial score (nSPS) is 11.2. The number of nitrogens with zero attached hydrogens (tertiary/aromatic N) is 3. The van der Waals surface area contributed by atoms with E-state index in [2.05, 4.69) is 10.2 Å². The zero-order valence-electron chi connectivity index (χ0n) is 15.1. The second-order valence-electron chi connectivity index (χ2n) is 6.02. The summed E-state index contributed by atoms with van der Waals surface area (Å²) in [4.78, 5) is 13.7. The van der Waals surface area contributed by atoms with Gasteiger partial charge in [0.05, 0.1) is 16.8 Å². The largest absolute Gasteiger partial charge is 0.438 e. The first-order valence-corrected chi connectivity index (χ1v) is 8.28. The topological polar surface area (TPSA) is 55.3 Å². The molecule has 0 radical (unpaired) electrons. The predicted molar refractivity (Wildman–Crippen MR) is 97.5 cm³/mol. The van der Waals surface area contributed by atoms with Gasteiger partial charge in [-0.1, -0.05) is 12.1 Å². The molecule has 0 spiro atoms. The van der Waals surface area contributed by atoms with Gasteiger partial charge in [-0.15, -0.1) is 5.10 Å². The molecule has 0 atom stereocenters. The Morgan fingerprint density at radius 3 is 2.25 bits per heavy atom. The van der Waals surface area contributed by atoms with Crippen LogP contribution in [-0.4, -0.2) is 23.2 Å². The van der Waals surface area contributed by atoms with Gasteiger partial charge in [0.25, 0.3) is 5.91 Å². The number of halogens is 3. The van der Waals surface area contributed by atoms with E-state index in [0.29, 0.717) is 17.3 Å². The molecule has 0 N–H and O–H groups in total. The molecule has 1 heterocycles. The van der Waals surface area contributed by atoms with Crippen molar-refractivity contribution in [3.05, 3.63) is 77.5 Å². The lowest BCUT2D eigenvalue weighted by Crippen LogP contribution is -2.28. The monoisotopic (exact) mass is 387 g/mol. The number of anilines is 1. The van der Waals surface area contributed by atoms with E-state index in [1.165, 1.54) is 19.2 Å². The van der Waals surface area contributed by atoms with Crippen LogP contribution in [0.3, 0.4) is 0 Å². The van der Waals surface area contributed by atoms with Crippen LogP contribution >= 0.6 is 0 Å². The molecule has 144 valence electrons. The number of aryl methyl sites for hydroxylation is 1. The molecular weight excluding hydrogens is 371 g/mol. The van der Waals surface area contributed by atoms with Crippen molar-refractivity contribution in [3.8, 4) is 11.6 Å². The van der Waals surface area contributed by atoms with Crippen LogP contribution in [-0.2, 0) is 6.18 Å². The Bertz CT molecular complexity index is 971. The highest BCUT2D eigenvalue weighted by Crippen LogP contribution is 2.33. The van der Waals surface area contributed by atoms with Crippen molar-refractivity contribution < 1.29 is 22.7 Å². The molecule has 1 aromatic heterocycles. The summed E-state index contributed by atoms with van der Waals surface area (Å²) in [5.74, 6) is 0.00586. The molecule has 0 unspecified atom stereocenters. The molecule has 0 saturated heterocycles. The van der Waals surface area contributed by atoms with Gasteiger partial charge in [-0.05, 0) is 49.4 Å². The fraction of sp³-hybridized carbons (Fsp3) is 0.150. The molecule has 28 heavy (non-hydrogen) atoms. The number of carbonyl (C=O) groups is 1. The van der Waals surface area contributed by atoms with Gasteiger partial charge >= 0.3 is 6.18 Å². The number of hydrogen-bond donors (Lipinski definition) is 0. The third kappa shape index (κ3) is 4.28. The average molecular weight is 387 g/mol. The predicted octanol–water partition coefficient (Wildman–Crippen LogP) is 4.87. The first kappa shape index (κ1) is 19.3. The molecule has 0 saturated carbocycles. The van der Waals surface area contributed by atoms with E-state index in [9.17, 15) is 18.0 Å². The molecule has 1 amide bonds. The minimum absolute atomic E-state index is 0.307. The standard InChI is InChI=1S/C20H16F3N3O2/c1-13-7-12-18(25-24-13)28-15-10-8-14(9-11-15)26(2)19(27)16-5-3-4-6-17(16)20(21,22)23/h3-12H,1-2H3. The van der Waals surface area contributed by atoms with Crippen LogP contribution in [0.5, 0.6) is 11.6 Å². The summed E-state index contributed by atoms with van der Waals surface area (Å²) in [6.07, 6.45) is -4.61. The maximum Gasteiger partial charge on any atom is 0.417 e. The second kappa shape index (κ2) is 7.67. The van der Waals surface area contributed by atoms with Crippen LogP contribution in [0.15, 0.2) is 60.7 Å². The third-order valence-electron chi connectivity index (χ3n) is 3.99. The molecule has 0 aliphatic rings. The quantitative estimate of drug-likeness (QED) is 0.641. The van der Waals surface area contributed by atoms with Crippen molar-refractivity contribution in [1.29, 1.82) is 0 Å². The smallest absolute Gasteiger partial charge is 0.417 e. The van der Waals surface area contributed by atoms with Gasteiger partial charge in [-0.3, -0.25) is 4.79 Å². The highest BCUT2D eigenvalue weighted by atomic mass is 19.4. The summed E-state index contributed by atoms with van der Waals surface area (Å²) in [6, 6.07) is 14.5. The van der Waals surface area contributed by atoms with Crippen molar-refractivity contribution in [2.45, 2.75) is 13.1 Å². The van der Waals surface area contributed by atoms with Gasteiger partial charge in [0.1, 0.15) is 5.75 Å². The Morgan fingerprint density at radius 1 is 0.964 bits per heavy atom.